The molecule has 2 N–H and O–H groups in total. The van der Waals surface area contributed by atoms with E-state index in [1.807, 2.05) is 6.92 Å². The van der Waals surface area contributed by atoms with Gasteiger partial charge in [-0.15, -0.1) is 11.8 Å². The normalized spacial score (nSPS) is 24.6. The summed E-state index contributed by atoms with van der Waals surface area (Å²) in [5.74, 6) is -1.05. The first-order chi connectivity index (χ1) is 15.3. The van der Waals surface area contributed by atoms with Gasteiger partial charge in [0.15, 0.2) is 0 Å². The molecule has 0 aromatic carbocycles. The first kappa shape index (κ1) is 29.0. The topological polar surface area (TPSA) is 83.8 Å². The second-order valence-corrected chi connectivity index (χ2v) is 10.7. The maximum absolute atomic E-state index is 11.6. The molecule has 3 atom stereocenters. The maximum atomic E-state index is 11.6. The van der Waals surface area contributed by atoms with Crippen LogP contribution in [0.1, 0.15) is 110 Å². The van der Waals surface area contributed by atoms with Crippen LogP contribution in [-0.4, -0.2) is 46.4 Å². The van der Waals surface area contributed by atoms with Gasteiger partial charge < -0.3 is 14.9 Å². The van der Waals surface area contributed by atoms with Crippen LogP contribution < -0.4 is 0 Å². The average molecular weight is 471 g/mol. The largest absolute Gasteiger partial charge is 0.481 e. The first-order valence-electron chi connectivity index (χ1n) is 12.6. The molecular weight excluding hydrogens is 424 g/mol. The molecule has 0 radical (unpaired) electrons. The van der Waals surface area contributed by atoms with Crippen LogP contribution in [0.3, 0.4) is 0 Å². The molecule has 1 aliphatic rings. The number of allylic oxidation sites excluding steroid dienone is 1. The summed E-state index contributed by atoms with van der Waals surface area (Å²) < 4.78 is 4.75. The fraction of sp³-hybridized carbons (Fsp3) is 0.846. The number of carboxylic acids is 1. The number of carbonyl (C=O) groups excluding carboxylic acids is 1. The number of aliphatic hydroxyl groups excluding tert-OH is 1. The second kappa shape index (κ2) is 16.6. The minimum atomic E-state index is -0.892. The van der Waals surface area contributed by atoms with E-state index in [-0.39, 0.29) is 23.4 Å². The van der Waals surface area contributed by atoms with Gasteiger partial charge in [0.1, 0.15) is 0 Å². The van der Waals surface area contributed by atoms with Crippen molar-refractivity contribution in [1.29, 1.82) is 0 Å². The summed E-state index contributed by atoms with van der Waals surface area (Å²) in [6, 6.07) is 0. The van der Waals surface area contributed by atoms with Gasteiger partial charge in [0.2, 0.25) is 0 Å². The minimum Gasteiger partial charge on any atom is -0.481 e. The third-order valence-electron chi connectivity index (χ3n) is 6.73. The number of rotatable bonds is 17. The van der Waals surface area contributed by atoms with Crippen LogP contribution in [0.25, 0.3) is 0 Å². The van der Waals surface area contributed by atoms with Crippen LogP contribution >= 0.6 is 11.8 Å². The zero-order valence-electron chi connectivity index (χ0n) is 20.6. The number of hydrogen-bond acceptors (Lipinski definition) is 5. The Balaban J connectivity index is 2.43. The Bertz CT molecular complexity index is 577. The molecule has 0 spiro atoms. The summed E-state index contributed by atoms with van der Waals surface area (Å²) in [7, 11) is 1.36. The van der Waals surface area contributed by atoms with Gasteiger partial charge in [-0.2, -0.15) is 0 Å². The molecule has 0 amide bonds. The molecule has 0 aromatic rings. The summed E-state index contributed by atoms with van der Waals surface area (Å²) in [5, 5.41) is 20.0. The molecule has 0 saturated heterocycles. The van der Waals surface area contributed by atoms with Gasteiger partial charge >= 0.3 is 11.9 Å². The van der Waals surface area contributed by atoms with Crippen molar-refractivity contribution in [3.8, 4) is 0 Å². The highest BCUT2D eigenvalue weighted by molar-refractivity contribution is 8.00. The van der Waals surface area contributed by atoms with Crippen LogP contribution in [-0.2, 0) is 14.3 Å². The molecule has 0 unspecified atom stereocenters. The van der Waals surface area contributed by atoms with Crippen molar-refractivity contribution in [2.75, 3.05) is 12.9 Å². The van der Waals surface area contributed by atoms with Crippen LogP contribution in [0.4, 0.5) is 0 Å². The van der Waals surface area contributed by atoms with Gasteiger partial charge in [0.05, 0.1) is 30.6 Å². The zero-order valence-corrected chi connectivity index (χ0v) is 21.4. The van der Waals surface area contributed by atoms with E-state index in [4.69, 9.17) is 4.74 Å². The highest BCUT2D eigenvalue weighted by Gasteiger charge is 2.45. The summed E-state index contributed by atoms with van der Waals surface area (Å²) in [6.07, 6.45) is 18.3. The Kier molecular flexibility index (Phi) is 15.0. The van der Waals surface area contributed by atoms with E-state index in [0.29, 0.717) is 6.42 Å². The lowest BCUT2D eigenvalue weighted by Gasteiger charge is -2.43. The maximum Gasteiger partial charge on any atom is 0.315 e. The van der Waals surface area contributed by atoms with Crippen molar-refractivity contribution < 1.29 is 24.5 Å². The Hall–Kier alpha value is -1.01. The van der Waals surface area contributed by atoms with Crippen molar-refractivity contribution in [1.82, 2.24) is 0 Å². The van der Waals surface area contributed by atoms with E-state index in [9.17, 15) is 19.8 Å². The van der Waals surface area contributed by atoms with E-state index >= 15 is 0 Å². The van der Waals surface area contributed by atoms with E-state index in [1.165, 1.54) is 83.1 Å². The molecule has 1 rings (SSSR count). The number of carbonyl (C=O) groups is 2. The van der Waals surface area contributed by atoms with Gasteiger partial charge in [-0.3, -0.25) is 9.59 Å². The number of methoxy groups -OCH3 is 1. The van der Waals surface area contributed by atoms with Crippen molar-refractivity contribution in [2.24, 2.45) is 5.41 Å². The molecule has 1 fully saturated rings. The predicted molar refractivity (Wildman–Crippen MR) is 133 cm³/mol. The molecule has 1 saturated carbocycles. The molecule has 0 aliphatic heterocycles. The van der Waals surface area contributed by atoms with E-state index in [1.54, 1.807) is 0 Å². The van der Waals surface area contributed by atoms with E-state index in [0.717, 1.165) is 24.8 Å². The summed E-state index contributed by atoms with van der Waals surface area (Å²) in [5.41, 5.74) is 0.481. The summed E-state index contributed by atoms with van der Waals surface area (Å²) in [4.78, 5) is 23.0. The van der Waals surface area contributed by atoms with Crippen LogP contribution in [0.5, 0.6) is 0 Å². The lowest BCUT2D eigenvalue weighted by atomic mass is 9.69. The number of aliphatic carboxylic acids is 1. The quantitative estimate of drug-likeness (QED) is 0.143. The molecular formula is C26H46O5S. The third-order valence-corrected chi connectivity index (χ3v) is 8.05. The Morgan fingerprint density at radius 3 is 2.16 bits per heavy atom. The molecule has 5 nitrogen and oxygen atoms in total. The summed E-state index contributed by atoms with van der Waals surface area (Å²) in [6.45, 7) is 4.10. The SMILES string of the molecule is CCCCCCCCCCCCCC=C1CC[C@@](C)(CC(=O)O)[C@@H](O)[C@H]1SCC(=O)OC. The van der Waals surface area contributed by atoms with Crippen LogP contribution in [0.15, 0.2) is 11.6 Å². The average Bonchev–Trinajstić information content (AvgIpc) is 2.75. The van der Waals surface area contributed by atoms with Crippen molar-refractivity contribution in [3.05, 3.63) is 11.6 Å². The molecule has 0 bridgehead atoms. The van der Waals surface area contributed by atoms with Crippen LogP contribution in [0, 0.1) is 5.41 Å². The van der Waals surface area contributed by atoms with Gasteiger partial charge in [0.25, 0.3) is 0 Å². The summed E-state index contributed by atoms with van der Waals surface area (Å²) >= 11 is 1.37. The van der Waals surface area contributed by atoms with Crippen molar-refractivity contribution in [3.63, 3.8) is 0 Å². The fourth-order valence-corrected chi connectivity index (χ4v) is 5.93. The number of hydrogen-bond donors (Lipinski definition) is 2. The predicted octanol–water partition coefficient (Wildman–Crippen LogP) is 6.52. The number of thioether (sulfide) groups is 1. The standard InChI is InChI=1S/C26H46O5S/c1-4-5-6-7-8-9-10-11-12-13-14-15-16-21-17-18-26(2,19-22(27)28)25(30)24(21)32-20-23(29)31-3/h16,24-25,30H,4-15,17-20H2,1-3H3,(H,27,28)/t24-,25-,26-/m0/s1. The van der Waals surface area contributed by atoms with Gasteiger partial charge in [-0.25, -0.2) is 0 Å². The highest BCUT2D eigenvalue weighted by Crippen LogP contribution is 2.46. The molecule has 1 aliphatic carbocycles. The minimum absolute atomic E-state index is 0.0602. The monoisotopic (exact) mass is 470 g/mol. The first-order valence-corrected chi connectivity index (χ1v) is 13.7. The lowest BCUT2D eigenvalue weighted by Crippen LogP contribution is -2.46. The third kappa shape index (κ3) is 11.2. The fourth-order valence-electron chi connectivity index (χ4n) is 4.56. The molecule has 186 valence electrons. The Morgan fingerprint density at radius 2 is 1.62 bits per heavy atom. The number of unbranched alkanes of at least 4 members (excludes halogenated alkanes) is 11. The van der Waals surface area contributed by atoms with E-state index in [2.05, 4.69) is 13.0 Å². The molecule has 0 aromatic heterocycles. The molecule has 6 heteroatoms. The Morgan fingerprint density at radius 1 is 1.06 bits per heavy atom. The van der Waals surface area contributed by atoms with E-state index < -0.39 is 17.5 Å². The van der Waals surface area contributed by atoms with Crippen molar-refractivity contribution in [2.45, 2.75) is 122 Å². The zero-order chi connectivity index (χ0) is 23.8. The lowest BCUT2D eigenvalue weighted by molar-refractivity contribution is -0.142. The van der Waals surface area contributed by atoms with Gasteiger partial charge in [-0.05, 0) is 25.7 Å². The molecule has 0 heterocycles. The number of ether oxygens (including phenoxy) is 1. The van der Waals surface area contributed by atoms with Gasteiger partial charge in [0, 0.05) is 5.41 Å². The van der Waals surface area contributed by atoms with Crippen molar-refractivity contribution >= 4 is 23.7 Å². The number of carboxylic acid groups (broad SMARTS) is 1. The molecule has 32 heavy (non-hydrogen) atoms. The number of aliphatic hydroxyl groups is 1. The number of esters is 1. The van der Waals surface area contributed by atoms with Crippen LogP contribution in [0.2, 0.25) is 0 Å². The Labute approximate surface area is 199 Å². The highest BCUT2D eigenvalue weighted by atomic mass is 32.2. The second-order valence-electron chi connectivity index (χ2n) is 9.58. The van der Waals surface area contributed by atoms with Gasteiger partial charge in [-0.1, -0.05) is 89.7 Å². The smallest absolute Gasteiger partial charge is 0.315 e.